The number of anilines is 1. The van der Waals surface area contributed by atoms with Gasteiger partial charge in [0.05, 0.1) is 5.54 Å². The molecule has 110 valence electrons. The number of likely N-dealkylation sites (N-methyl/N-ethyl adjacent to an activating group) is 1. The summed E-state index contributed by atoms with van der Waals surface area (Å²) in [7, 11) is 2.23. The first-order valence-corrected chi connectivity index (χ1v) is 7.99. The minimum absolute atomic E-state index is 0.132. The Bertz CT molecular complexity index is 459. The van der Waals surface area contributed by atoms with Gasteiger partial charge in [-0.3, -0.25) is 0 Å². The zero-order valence-electron chi connectivity index (χ0n) is 12.6. The maximum Gasteiger partial charge on any atom is 0.0651 e. The molecular formula is C17H27N3. The number of nitrogens with two attached hydrogens (primary N) is 1. The van der Waals surface area contributed by atoms with Gasteiger partial charge >= 0.3 is 0 Å². The molecule has 1 aromatic rings. The molecule has 0 bridgehead atoms. The Kier molecular flexibility index (Phi) is 3.99. The highest BCUT2D eigenvalue weighted by Crippen LogP contribution is 2.35. The third kappa shape index (κ3) is 2.45. The van der Waals surface area contributed by atoms with Crippen LogP contribution in [0, 0.1) is 0 Å². The van der Waals surface area contributed by atoms with Crippen molar-refractivity contribution in [1.29, 1.82) is 0 Å². The lowest BCUT2D eigenvalue weighted by Crippen LogP contribution is -2.62. The van der Waals surface area contributed by atoms with E-state index in [1.807, 2.05) is 0 Å². The molecule has 0 amide bonds. The third-order valence-electron chi connectivity index (χ3n) is 5.06. The highest BCUT2D eigenvalue weighted by Gasteiger charge is 2.39. The van der Waals surface area contributed by atoms with Crippen molar-refractivity contribution in [1.82, 2.24) is 4.90 Å². The van der Waals surface area contributed by atoms with Gasteiger partial charge in [-0.25, -0.2) is 0 Å². The van der Waals surface area contributed by atoms with Crippen molar-refractivity contribution >= 4 is 5.69 Å². The van der Waals surface area contributed by atoms with Crippen LogP contribution in [0.4, 0.5) is 5.69 Å². The smallest absolute Gasteiger partial charge is 0.0651 e. The number of fused-ring (bicyclic) bond motifs is 1. The van der Waals surface area contributed by atoms with E-state index in [0.717, 1.165) is 19.6 Å². The van der Waals surface area contributed by atoms with Crippen LogP contribution in [0.5, 0.6) is 0 Å². The van der Waals surface area contributed by atoms with E-state index in [0.29, 0.717) is 0 Å². The molecule has 20 heavy (non-hydrogen) atoms. The number of rotatable bonds is 2. The van der Waals surface area contributed by atoms with Crippen molar-refractivity contribution in [2.24, 2.45) is 5.73 Å². The predicted octanol–water partition coefficient (Wildman–Crippen LogP) is 2.25. The fourth-order valence-corrected chi connectivity index (χ4v) is 4.02. The van der Waals surface area contributed by atoms with Crippen LogP contribution in [0.1, 0.15) is 31.2 Å². The quantitative estimate of drug-likeness (QED) is 0.897. The molecule has 1 fully saturated rings. The van der Waals surface area contributed by atoms with Crippen LogP contribution in [0.3, 0.4) is 0 Å². The maximum atomic E-state index is 6.27. The number of benzene rings is 1. The van der Waals surface area contributed by atoms with E-state index in [9.17, 15) is 0 Å². The van der Waals surface area contributed by atoms with Gasteiger partial charge in [-0.05, 0) is 57.3 Å². The average Bonchev–Trinajstić information content (AvgIpc) is 2.70. The van der Waals surface area contributed by atoms with E-state index < -0.39 is 0 Å². The molecule has 0 radical (unpaired) electrons. The summed E-state index contributed by atoms with van der Waals surface area (Å²) in [4.78, 5) is 5.09. The molecule has 0 aromatic heterocycles. The third-order valence-corrected chi connectivity index (χ3v) is 5.06. The van der Waals surface area contributed by atoms with Gasteiger partial charge < -0.3 is 15.5 Å². The van der Waals surface area contributed by atoms with Crippen molar-refractivity contribution in [2.75, 3.05) is 38.1 Å². The monoisotopic (exact) mass is 273 g/mol. The second kappa shape index (κ2) is 5.74. The van der Waals surface area contributed by atoms with Crippen molar-refractivity contribution in [2.45, 2.75) is 37.6 Å². The highest BCUT2D eigenvalue weighted by atomic mass is 15.3. The van der Waals surface area contributed by atoms with Crippen molar-refractivity contribution in [3.63, 3.8) is 0 Å². The van der Waals surface area contributed by atoms with Crippen LogP contribution in [0.25, 0.3) is 0 Å². The van der Waals surface area contributed by atoms with E-state index in [1.54, 1.807) is 0 Å². The van der Waals surface area contributed by atoms with Gasteiger partial charge in [-0.2, -0.15) is 0 Å². The summed E-state index contributed by atoms with van der Waals surface area (Å²) in [6, 6.07) is 8.94. The molecule has 1 atom stereocenters. The Morgan fingerprint density at radius 2 is 2.00 bits per heavy atom. The molecular weight excluding hydrogens is 246 g/mol. The standard InChI is InChI=1S/C17H27N3/c1-19-11-6-10-17(13-18,14-19)20-12-5-4-8-15-7-2-3-9-16(15)20/h2-3,7,9H,4-6,8,10-14,18H2,1H3. The Hall–Kier alpha value is -1.06. The number of piperidine rings is 1. The highest BCUT2D eigenvalue weighted by molar-refractivity contribution is 5.57. The Labute approximate surface area is 122 Å². The summed E-state index contributed by atoms with van der Waals surface area (Å²) < 4.78 is 0. The van der Waals surface area contributed by atoms with Crippen LogP contribution >= 0.6 is 0 Å². The van der Waals surface area contributed by atoms with E-state index >= 15 is 0 Å². The first-order valence-electron chi connectivity index (χ1n) is 7.99. The normalized spacial score (nSPS) is 28.0. The van der Waals surface area contributed by atoms with E-state index in [1.165, 1.54) is 49.9 Å². The fourth-order valence-electron chi connectivity index (χ4n) is 4.02. The van der Waals surface area contributed by atoms with E-state index in [4.69, 9.17) is 5.73 Å². The summed E-state index contributed by atoms with van der Waals surface area (Å²) in [5.74, 6) is 0. The van der Waals surface area contributed by atoms with Gasteiger partial charge in [0.2, 0.25) is 0 Å². The van der Waals surface area contributed by atoms with Gasteiger partial charge in [0.15, 0.2) is 0 Å². The van der Waals surface area contributed by atoms with Crippen molar-refractivity contribution in [3.05, 3.63) is 29.8 Å². The molecule has 1 unspecified atom stereocenters. The Morgan fingerprint density at radius 3 is 2.80 bits per heavy atom. The van der Waals surface area contributed by atoms with Crippen LogP contribution in [-0.2, 0) is 6.42 Å². The van der Waals surface area contributed by atoms with Gasteiger partial charge in [0, 0.05) is 25.3 Å². The second-order valence-electron chi connectivity index (χ2n) is 6.51. The zero-order valence-corrected chi connectivity index (χ0v) is 12.6. The maximum absolute atomic E-state index is 6.27. The van der Waals surface area contributed by atoms with Gasteiger partial charge in [0.25, 0.3) is 0 Å². The lowest BCUT2D eigenvalue weighted by atomic mass is 9.86. The molecule has 3 heteroatoms. The molecule has 2 aliphatic heterocycles. The van der Waals surface area contributed by atoms with Crippen LogP contribution in [0.2, 0.25) is 0 Å². The molecule has 3 nitrogen and oxygen atoms in total. The second-order valence-corrected chi connectivity index (χ2v) is 6.51. The van der Waals surface area contributed by atoms with Crippen LogP contribution in [-0.4, -0.2) is 43.7 Å². The lowest BCUT2D eigenvalue weighted by Gasteiger charge is -2.50. The fraction of sp³-hybridized carbons (Fsp3) is 0.647. The number of aryl methyl sites for hydroxylation is 1. The summed E-state index contributed by atoms with van der Waals surface area (Å²) >= 11 is 0. The van der Waals surface area contributed by atoms with Crippen LogP contribution in [0.15, 0.2) is 24.3 Å². The van der Waals surface area contributed by atoms with Crippen molar-refractivity contribution in [3.8, 4) is 0 Å². The number of hydrogen-bond donors (Lipinski definition) is 1. The van der Waals surface area contributed by atoms with Crippen LogP contribution < -0.4 is 10.6 Å². The molecule has 0 saturated carbocycles. The minimum Gasteiger partial charge on any atom is -0.363 e. The Balaban J connectivity index is 1.98. The first kappa shape index (κ1) is 13.9. The summed E-state index contributed by atoms with van der Waals surface area (Å²) in [6.45, 7) is 4.21. The minimum atomic E-state index is 0.132. The zero-order chi connectivity index (χ0) is 14.0. The number of nitrogens with zero attached hydrogens (tertiary/aromatic N) is 2. The van der Waals surface area contributed by atoms with E-state index in [-0.39, 0.29) is 5.54 Å². The Morgan fingerprint density at radius 1 is 1.15 bits per heavy atom. The summed E-state index contributed by atoms with van der Waals surface area (Å²) in [5.41, 5.74) is 9.34. The van der Waals surface area contributed by atoms with Gasteiger partial charge in [0.1, 0.15) is 0 Å². The average molecular weight is 273 g/mol. The van der Waals surface area contributed by atoms with Gasteiger partial charge in [-0.15, -0.1) is 0 Å². The number of hydrogen-bond acceptors (Lipinski definition) is 3. The number of likely N-dealkylation sites (tertiary alicyclic amines) is 1. The largest absolute Gasteiger partial charge is 0.363 e. The summed E-state index contributed by atoms with van der Waals surface area (Å²) in [6.07, 6.45) is 6.27. The lowest BCUT2D eigenvalue weighted by molar-refractivity contribution is 0.174. The first-order chi connectivity index (χ1) is 9.75. The molecule has 1 aromatic carbocycles. The molecule has 1 saturated heterocycles. The molecule has 2 heterocycles. The van der Waals surface area contributed by atoms with Gasteiger partial charge in [-0.1, -0.05) is 18.2 Å². The number of para-hydroxylation sites is 1. The van der Waals surface area contributed by atoms with Crippen molar-refractivity contribution < 1.29 is 0 Å². The molecule has 2 N–H and O–H groups in total. The molecule has 0 aliphatic carbocycles. The topological polar surface area (TPSA) is 32.5 Å². The van der Waals surface area contributed by atoms with E-state index in [2.05, 4.69) is 41.1 Å². The molecule has 0 spiro atoms. The molecule has 2 aliphatic rings. The summed E-state index contributed by atoms with van der Waals surface area (Å²) in [5, 5.41) is 0. The molecule has 3 rings (SSSR count). The SMILES string of the molecule is CN1CCCC(CN)(N2CCCCc3ccccc32)C1. The predicted molar refractivity (Wildman–Crippen MR) is 85.2 cm³/mol.